The molecule has 0 radical (unpaired) electrons. The molecule has 2 aromatic carbocycles. The number of nitrogens with zero attached hydrogens (tertiary/aromatic N) is 1. The first kappa shape index (κ1) is 16.9. The molecule has 8 nitrogen and oxygen atoms in total. The predicted molar refractivity (Wildman–Crippen MR) is 95.3 cm³/mol. The molecule has 0 saturated heterocycles. The van der Waals surface area contributed by atoms with Gasteiger partial charge in [-0.3, -0.25) is 19.7 Å². The Balaban J connectivity index is 2.04. The number of phenolic OH excluding ortho intramolecular Hbond substituents is 1. The minimum absolute atomic E-state index is 0.0340. The molecule has 3 N–H and O–H groups in total. The summed E-state index contributed by atoms with van der Waals surface area (Å²) in [5.41, 5.74) is 0.102. The summed E-state index contributed by atoms with van der Waals surface area (Å²) in [7, 11) is 0. The van der Waals surface area contributed by atoms with E-state index in [1.165, 1.54) is 48.6 Å². The fraction of sp³-hybridized carbons (Fsp3) is 0. The number of H-pyrrole nitrogens is 2. The second kappa shape index (κ2) is 6.89. The maximum atomic E-state index is 12.2. The van der Waals surface area contributed by atoms with E-state index in [0.29, 0.717) is 11.1 Å². The zero-order valence-corrected chi connectivity index (χ0v) is 13.3. The molecule has 3 aromatic rings. The topological polar surface area (TPSA) is 129 Å². The van der Waals surface area contributed by atoms with Crippen LogP contribution in [0.25, 0.3) is 12.2 Å². The molecule has 3 rings (SSSR count). The number of aromatic hydroxyl groups is 1. The highest BCUT2D eigenvalue weighted by Crippen LogP contribution is 2.12. The molecule has 0 saturated carbocycles. The summed E-state index contributed by atoms with van der Waals surface area (Å²) >= 11 is 0. The van der Waals surface area contributed by atoms with Gasteiger partial charge in [-0.05, 0) is 47.5 Å². The largest absolute Gasteiger partial charge is 0.508 e. The number of aromatic amines is 2. The number of nitrogens with one attached hydrogen (secondary N) is 2. The number of non-ortho nitro benzene ring substituents is 1. The highest BCUT2D eigenvalue weighted by molar-refractivity contribution is 5.51. The fourth-order valence-corrected chi connectivity index (χ4v) is 2.29. The van der Waals surface area contributed by atoms with Crippen LogP contribution in [-0.4, -0.2) is 20.0 Å². The van der Waals surface area contributed by atoms with Crippen LogP contribution in [0.2, 0.25) is 0 Å². The van der Waals surface area contributed by atoms with Crippen molar-refractivity contribution < 1.29 is 10.0 Å². The van der Waals surface area contributed by atoms with E-state index in [1.807, 2.05) is 0 Å². The molecule has 0 atom stereocenters. The molecular weight excluding hydrogens is 338 g/mol. The van der Waals surface area contributed by atoms with Crippen molar-refractivity contribution in [1.29, 1.82) is 0 Å². The van der Waals surface area contributed by atoms with Crippen LogP contribution in [0.3, 0.4) is 0 Å². The number of hydrogen-bond acceptors (Lipinski definition) is 5. The number of aromatic nitrogens is 2. The average Bonchev–Trinajstić information content (AvgIpc) is 2.61. The van der Waals surface area contributed by atoms with Crippen LogP contribution in [0, 0.1) is 10.1 Å². The van der Waals surface area contributed by atoms with E-state index in [0.717, 1.165) is 0 Å². The summed E-state index contributed by atoms with van der Waals surface area (Å²) in [5, 5.41) is 20.0. The minimum Gasteiger partial charge on any atom is -0.508 e. The quantitative estimate of drug-likeness (QED) is 0.463. The summed E-state index contributed by atoms with van der Waals surface area (Å²) in [6, 6.07) is 11.7. The Labute approximate surface area is 145 Å². The summed E-state index contributed by atoms with van der Waals surface area (Å²) in [6.07, 6.45) is 2.91. The summed E-state index contributed by atoms with van der Waals surface area (Å²) in [5.74, 6) is 0.0950. The molecule has 1 heterocycles. The lowest BCUT2D eigenvalue weighted by Crippen LogP contribution is -2.46. The van der Waals surface area contributed by atoms with Gasteiger partial charge in [-0.2, -0.15) is 0 Å². The fourth-order valence-electron chi connectivity index (χ4n) is 2.29. The number of nitro benzene ring substituents is 1. The average molecular weight is 351 g/mol. The van der Waals surface area contributed by atoms with Crippen molar-refractivity contribution in [1.82, 2.24) is 9.97 Å². The van der Waals surface area contributed by atoms with Crippen molar-refractivity contribution in [2.75, 3.05) is 0 Å². The van der Waals surface area contributed by atoms with E-state index in [4.69, 9.17) is 0 Å². The number of rotatable bonds is 3. The first-order valence-corrected chi connectivity index (χ1v) is 7.52. The van der Waals surface area contributed by atoms with Crippen molar-refractivity contribution in [2.24, 2.45) is 0 Å². The predicted octanol–water partition coefficient (Wildman–Crippen LogP) is 0.335. The zero-order valence-electron chi connectivity index (χ0n) is 13.3. The first-order valence-electron chi connectivity index (χ1n) is 7.52. The third-order valence-corrected chi connectivity index (χ3v) is 3.60. The van der Waals surface area contributed by atoms with E-state index in [2.05, 4.69) is 9.97 Å². The molecular formula is C18H13N3O5. The number of benzene rings is 2. The first-order chi connectivity index (χ1) is 12.4. The van der Waals surface area contributed by atoms with Crippen molar-refractivity contribution >= 4 is 17.8 Å². The normalized spacial score (nSPS) is 12.3. The van der Waals surface area contributed by atoms with Gasteiger partial charge >= 0.3 is 0 Å². The molecule has 0 fully saturated rings. The van der Waals surface area contributed by atoms with Crippen molar-refractivity contribution in [3.63, 3.8) is 0 Å². The van der Waals surface area contributed by atoms with E-state index in [-0.39, 0.29) is 22.1 Å². The SMILES string of the molecule is O=c1[nH]/c(=C/c2ccc(O)cc2)c(=O)[nH]/c1=C\c1ccc([N+](=O)[O-])cc1. The Morgan fingerprint density at radius 1 is 0.808 bits per heavy atom. The maximum absolute atomic E-state index is 12.2. The number of phenols is 1. The summed E-state index contributed by atoms with van der Waals surface area (Å²) < 4.78 is 0. The Bertz CT molecular complexity index is 1190. The molecule has 0 aliphatic carbocycles. The van der Waals surface area contributed by atoms with E-state index < -0.39 is 16.0 Å². The van der Waals surface area contributed by atoms with E-state index in [9.17, 15) is 24.8 Å². The van der Waals surface area contributed by atoms with Gasteiger partial charge in [0.15, 0.2) is 0 Å². The highest BCUT2D eigenvalue weighted by Gasteiger charge is 2.03. The van der Waals surface area contributed by atoms with Crippen LogP contribution in [0.1, 0.15) is 11.1 Å². The maximum Gasteiger partial charge on any atom is 0.272 e. The Morgan fingerprint density at radius 2 is 1.23 bits per heavy atom. The lowest BCUT2D eigenvalue weighted by molar-refractivity contribution is -0.384. The molecule has 0 spiro atoms. The van der Waals surface area contributed by atoms with Crippen LogP contribution >= 0.6 is 0 Å². The lowest BCUT2D eigenvalue weighted by Gasteiger charge is -1.95. The highest BCUT2D eigenvalue weighted by atomic mass is 16.6. The van der Waals surface area contributed by atoms with Crippen LogP contribution in [0.5, 0.6) is 5.75 Å². The molecule has 0 bridgehead atoms. The second-order valence-electron chi connectivity index (χ2n) is 5.46. The second-order valence-corrected chi connectivity index (χ2v) is 5.46. The Hall–Kier alpha value is -3.94. The van der Waals surface area contributed by atoms with Gasteiger partial charge in [0, 0.05) is 12.1 Å². The molecule has 0 unspecified atom stereocenters. The molecule has 0 aliphatic rings. The van der Waals surface area contributed by atoms with E-state index in [1.54, 1.807) is 12.1 Å². The van der Waals surface area contributed by atoms with Crippen LogP contribution in [0.15, 0.2) is 58.1 Å². The molecule has 130 valence electrons. The van der Waals surface area contributed by atoms with Crippen LogP contribution in [0.4, 0.5) is 5.69 Å². The number of hydrogen-bond donors (Lipinski definition) is 3. The standard InChI is InChI=1S/C18H13N3O5/c22-14-7-3-12(4-8-14)10-16-18(24)19-15(17(23)20-16)9-11-1-5-13(6-2-11)21(25)26/h1-10,22H,(H,19,24)(H,20,23)/b15-9-,16-10+. The van der Waals surface area contributed by atoms with Crippen molar-refractivity contribution in [3.05, 3.63) is 101 Å². The van der Waals surface area contributed by atoms with Crippen molar-refractivity contribution in [2.45, 2.75) is 0 Å². The molecule has 26 heavy (non-hydrogen) atoms. The molecule has 0 aliphatic heterocycles. The van der Waals surface area contributed by atoms with Gasteiger partial charge in [0.1, 0.15) is 16.4 Å². The molecule has 1 aromatic heterocycles. The third kappa shape index (κ3) is 3.75. The summed E-state index contributed by atoms with van der Waals surface area (Å²) in [4.78, 5) is 39.5. The number of nitro groups is 1. The van der Waals surface area contributed by atoms with Gasteiger partial charge in [-0.15, -0.1) is 0 Å². The van der Waals surface area contributed by atoms with Gasteiger partial charge in [0.2, 0.25) is 0 Å². The van der Waals surface area contributed by atoms with Gasteiger partial charge in [0.25, 0.3) is 16.8 Å². The Kier molecular flexibility index (Phi) is 4.48. The third-order valence-electron chi connectivity index (χ3n) is 3.60. The van der Waals surface area contributed by atoms with Crippen LogP contribution in [-0.2, 0) is 0 Å². The van der Waals surface area contributed by atoms with E-state index >= 15 is 0 Å². The van der Waals surface area contributed by atoms with Gasteiger partial charge in [-0.25, -0.2) is 0 Å². The smallest absolute Gasteiger partial charge is 0.272 e. The minimum atomic E-state index is -0.521. The van der Waals surface area contributed by atoms with Crippen molar-refractivity contribution in [3.8, 4) is 5.75 Å². The lowest BCUT2D eigenvalue weighted by atomic mass is 10.2. The molecule has 8 heteroatoms. The van der Waals surface area contributed by atoms with Gasteiger partial charge in [0.05, 0.1) is 4.92 Å². The molecule has 0 amide bonds. The summed E-state index contributed by atoms with van der Waals surface area (Å²) in [6.45, 7) is 0. The zero-order chi connectivity index (χ0) is 18.7. The van der Waals surface area contributed by atoms with Crippen LogP contribution < -0.4 is 21.8 Å². The monoisotopic (exact) mass is 351 g/mol. The Morgan fingerprint density at radius 3 is 1.65 bits per heavy atom. The van der Waals surface area contributed by atoms with Gasteiger partial charge < -0.3 is 15.1 Å². The van der Waals surface area contributed by atoms with Gasteiger partial charge in [-0.1, -0.05) is 12.1 Å².